The lowest BCUT2D eigenvalue weighted by Crippen LogP contribution is -2.26. The number of aromatic nitrogens is 2. The van der Waals surface area contributed by atoms with Gasteiger partial charge in [0.15, 0.2) is 5.82 Å². The van der Waals surface area contributed by atoms with Crippen LogP contribution in [0.1, 0.15) is 94.6 Å². The lowest BCUT2D eigenvalue weighted by atomic mass is 9.89. The van der Waals surface area contributed by atoms with Crippen molar-refractivity contribution in [1.82, 2.24) is 15.5 Å². The van der Waals surface area contributed by atoms with Gasteiger partial charge in [0.05, 0.1) is 6.54 Å². The van der Waals surface area contributed by atoms with Gasteiger partial charge < -0.3 is 14.9 Å². The molecule has 1 saturated carbocycles. The fourth-order valence-electron chi connectivity index (χ4n) is 4.13. The zero-order valence-corrected chi connectivity index (χ0v) is 20.4. The first-order valence-electron chi connectivity index (χ1n) is 11.9. The maximum Gasteiger partial charge on any atom is 0.490 e. The summed E-state index contributed by atoms with van der Waals surface area (Å²) in [5.74, 6) is 0.502. The van der Waals surface area contributed by atoms with Gasteiger partial charge in [-0.1, -0.05) is 76.4 Å². The van der Waals surface area contributed by atoms with Gasteiger partial charge in [-0.15, -0.1) is 0 Å². The normalized spacial score (nSPS) is 15.8. The van der Waals surface area contributed by atoms with Crippen molar-refractivity contribution in [2.24, 2.45) is 11.8 Å². The zero-order chi connectivity index (χ0) is 25.3. The van der Waals surface area contributed by atoms with Crippen LogP contribution in [0, 0.1) is 11.8 Å². The average molecular weight is 484 g/mol. The molecule has 190 valence electrons. The summed E-state index contributed by atoms with van der Waals surface area (Å²) in [5, 5.41) is 15.0. The number of hydrogen-bond donors (Lipinski definition) is 2. The summed E-state index contributed by atoms with van der Waals surface area (Å²) in [5.41, 5.74) is 2.74. The van der Waals surface area contributed by atoms with Crippen molar-refractivity contribution in [3.63, 3.8) is 0 Å². The van der Waals surface area contributed by atoms with E-state index >= 15 is 0 Å². The van der Waals surface area contributed by atoms with E-state index in [1.165, 1.54) is 43.2 Å². The summed E-state index contributed by atoms with van der Waals surface area (Å²) in [6.45, 7) is 9.68. The Balaban J connectivity index is 0.000000509. The van der Waals surface area contributed by atoms with Crippen molar-refractivity contribution in [3.8, 4) is 0 Å². The molecule has 2 N–H and O–H groups in total. The van der Waals surface area contributed by atoms with E-state index in [2.05, 4.69) is 67.4 Å². The molecule has 3 rings (SSSR count). The SMILES string of the molecule is CC(C)Cc1ccc(C(NCc2noc(C3CCCCC3)n2)C(C)C)cc1.O=C(O)C(F)(F)F. The van der Waals surface area contributed by atoms with E-state index in [0.717, 1.165) is 18.1 Å². The Bertz CT molecular complexity index is 874. The van der Waals surface area contributed by atoms with Gasteiger partial charge in [-0.2, -0.15) is 18.2 Å². The molecule has 1 aliphatic rings. The average Bonchev–Trinajstić information content (AvgIpc) is 3.24. The van der Waals surface area contributed by atoms with Crippen molar-refractivity contribution >= 4 is 5.97 Å². The van der Waals surface area contributed by atoms with E-state index in [4.69, 9.17) is 14.4 Å². The monoisotopic (exact) mass is 483 g/mol. The number of alkyl halides is 3. The molecule has 0 radical (unpaired) electrons. The van der Waals surface area contributed by atoms with Crippen molar-refractivity contribution in [2.75, 3.05) is 0 Å². The van der Waals surface area contributed by atoms with E-state index in [1.54, 1.807) is 0 Å². The van der Waals surface area contributed by atoms with Crippen LogP contribution in [0.5, 0.6) is 0 Å². The van der Waals surface area contributed by atoms with Crippen LogP contribution in [-0.2, 0) is 17.8 Å². The largest absolute Gasteiger partial charge is 0.490 e. The number of carbonyl (C=O) groups is 1. The van der Waals surface area contributed by atoms with Gasteiger partial charge >= 0.3 is 12.1 Å². The Kier molecular flexibility index (Phi) is 10.5. The predicted octanol–water partition coefficient (Wildman–Crippen LogP) is 6.44. The maximum absolute atomic E-state index is 10.6. The van der Waals surface area contributed by atoms with Crippen LogP contribution in [0.25, 0.3) is 0 Å². The van der Waals surface area contributed by atoms with Gasteiger partial charge in [0, 0.05) is 12.0 Å². The van der Waals surface area contributed by atoms with Gasteiger partial charge in [0.1, 0.15) is 0 Å². The van der Waals surface area contributed by atoms with Crippen LogP contribution >= 0.6 is 0 Å². The Hall–Kier alpha value is -2.42. The molecule has 0 aliphatic heterocycles. The number of halogens is 3. The fraction of sp³-hybridized carbons (Fsp3) is 0.640. The van der Waals surface area contributed by atoms with Gasteiger partial charge in [0.2, 0.25) is 5.89 Å². The number of aliphatic carboxylic acids is 1. The summed E-state index contributed by atoms with van der Waals surface area (Å²) in [6, 6.07) is 9.34. The van der Waals surface area contributed by atoms with Gasteiger partial charge in [-0.3, -0.25) is 0 Å². The van der Waals surface area contributed by atoms with Crippen molar-refractivity contribution in [2.45, 2.75) is 90.9 Å². The Morgan fingerprint density at radius 2 is 1.71 bits per heavy atom. The van der Waals surface area contributed by atoms with E-state index < -0.39 is 12.1 Å². The molecule has 1 atom stereocenters. The molecule has 1 unspecified atom stereocenters. The topological polar surface area (TPSA) is 88.3 Å². The van der Waals surface area contributed by atoms with Crippen LogP contribution in [-0.4, -0.2) is 27.4 Å². The number of carboxylic acids is 1. The van der Waals surface area contributed by atoms with E-state index in [1.807, 2.05) is 0 Å². The third kappa shape index (κ3) is 9.08. The molecule has 0 spiro atoms. The molecule has 34 heavy (non-hydrogen) atoms. The molecule has 1 aromatic carbocycles. The summed E-state index contributed by atoms with van der Waals surface area (Å²) in [4.78, 5) is 13.6. The van der Waals surface area contributed by atoms with Crippen LogP contribution in [0.4, 0.5) is 13.2 Å². The number of hydrogen-bond acceptors (Lipinski definition) is 5. The Labute approximate surface area is 199 Å². The molecule has 0 saturated heterocycles. The molecule has 0 bridgehead atoms. The van der Waals surface area contributed by atoms with Crippen molar-refractivity contribution in [1.29, 1.82) is 0 Å². The number of carboxylic acid groups (broad SMARTS) is 1. The first-order valence-corrected chi connectivity index (χ1v) is 11.9. The molecular weight excluding hydrogens is 447 g/mol. The zero-order valence-electron chi connectivity index (χ0n) is 20.4. The first kappa shape index (κ1) is 27.8. The second-order valence-electron chi connectivity index (χ2n) is 9.63. The molecule has 1 fully saturated rings. The molecule has 2 aromatic rings. The fourth-order valence-corrected chi connectivity index (χ4v) is 4.13. The summed E-state index contributed by atoms with van der Waals surface area (Å²) < 4.78 is 37.3. The summed E-state index contributed by atoms with van der Waals surface area (Å²) in [6.07, 6.45) is 2.32. The number of nitrogens with one attached hydrogen (secondary N) is 1. The summed E-state index contributed by atoms with van der Waals surface area (Å²) in [7, 11) is 0. The highest BCUT2D eigenvalue weighted by Crippen LogP contribution is 2.31. The lowest BCUT2D eigenvalue weighted by Gasteiger charge is -2.22. The number of benzene rings is 1. The highest BCUT2D eigenvalue weighted by Gasteiger charge is 2.38. The highest BCUT2D eigenvalue weighted by molar-refractivity contribution is 5.73. The second-order valence-corrected chi connectivity index (χ2v) is 9.63. The van der Waals surface area contributed by atoms with Crippen LogP contribution in [0.15, 0.2) is 28.8 Å². The summed E-state index contributed by atoms with van der Waals surface area (Å²) >= 11 is 0. The molecule has 1 aliphatic carbocycles. The first-order chi connectivity index (χ1) is 16.0. The van der Waals surface area contributed by atoms with Crippen molar-refractivity contribution < 1.29 is 27.6 Å². The minimum atomic E-state index is -5.08. The van der Waals surface area contributed by atoms with Gasteiger partial charge in [0.25, 0.3) is 0 Å². The van der Waals surface area contributed by atoms with E-state index in [-0.39, 0.29) is 6.04 Å². The Morgan fingerprint density at radius 3 is 2.21 bits per heavy atom. The minimum Gasteiger partial charge on any atom is -0.475 e. The third-order valence-electron chi connectivity index (χ3n) is 5.81. The molecule has 0 amide bonds. The standard InChI is InChI=1S/C23H35N3O.C2HF3O2/c1-16(2)14-18-10-12-19(13-11-18)22(17(3)4)24-15-21-25-23(27-26-21)20-8-6-5-7-9-20;3-2(4,5)1(6)7/h10-13,16-17,20,22,24H,5-9,14-15H2,1-4H3;(H,6,7). The third-order valence-corrected chi connectivity index (χ3v) is 5.81. The molecular formula is C25H36F3N3O3. The quantitative estimate of drug-likeness (QED) is 0.449. The van der Waals surface area contributed by atoms with Crippen molar-refractivity contribution in [3.05, 3.63) is 47.1 Å². The number of rotatable bonds is 8. The molecule has 9 heteroatoms. The predicted molar refractivity (Wildman–Crippen MR) is 123 cm³/mol. The van der Waals surface area contributed by atoms with Crippen LogP contribution in [0.3, 0.4) is 0 Å². The molecule has 6 nitrogen and oxygen atoms in total. The van der Waals surface area contributed by atoms with Gasteiger partial charge in [-0.05, 0) is 42.2 Å². The Morgan fingerprint density at radius 1 is 1.12 bits per heavy atom. The second kappa shape index (κ2) is 12.9. The van der Waals surface area contributed by atoms with Crippen LogP contribution in [0.2, 0.25) is 0 Å². The lowest BCUT2D eigenvalue weighted by molar-refractivity contribution is -0.192. The smallest absolute Gasteiger partial charge is 0.475 e. The minimum absolute atomic E-state index is 0.287. The molecule has 1 aromatic heterocycles. The van der Waals surface area contributed by atoms with Gasteiger partial charge in [-0.25, -0.2) is 4.79 Å². The van der Waals surface area contributed by atoms with Crippen LogP contribution < -0.4 is 5.32 Å². The number of nitrogens with zero attached hydrogens (tertiary/aromatic N) is 2. The van der Waals surface area contributed by atoms with E-state index in [0.29, 0.717) is 24.3 Å². The van der Waals surface area contributed by atoms with E-state index in [9.17, 15) is 13.2 Å². The highest BCUT2D eigenvalue weighted by atomic mass is 19.4. The molecule has 1 heterocycles. The maximum atomic E-state index is 10.6.